The Balaban J connectivity index is 3.24. The Bertz CT molecular complexity index is 527. The highest BCUT2D eigenvalue weighted by atomic mass is 32.2. The lowest BCUT2D eigenvalue weighted by Crippen LogP contribution is -2.14. The van der Waals surface area contributed by atoms with Gasteiger partial charge in [-0.2, -0.15) is 0 Å². The van der Waals surface area contributed by atoms with Crippen LogP contribution in [0.2, 0.25) is 0 Å². The van der Waals surface area contributed by atoms with E-state index < -0.39 is 14.8 Å². The minimum Gasteiger partial charge on any atom is -0.378 e. The van der Waals surface area contributed by atoms with Gasteiger partial charge < -0.3 is 11.1 Å². The van der Waals surface area contributed by atoms with Gasteiger partial charge in [-0.05, 0) is 12.1 Å². The number of rotatable bonds is 5. The van der Waals surface area contributed by atoms with Crippen LogP contribution in [-0.2, 0) is 9.84 Å². The Labute approximate surface area is 98.7 Å². The average Bonchev–Trinajstić information content (AvgIpc) is 2.24. The number of nitrogens with one attached hydrogen (secondary N) is 1. The lowest BCUT2D eigenvalue weighted by atomic mass is 10.2. The maximum atomic E-state index is 11.3. The highest BCUT2D eigenvalue weighted by molar-refractivity contribution is 7.90. The van der Waals surface area contributed by atoms with Crippen molar-refractivity contribution >= 4 is 21.2 Å². The van der Waals surface area contributed by atoms with E-state index in [1.54, 1.807) is 0 Å². The van der Waals surface area contributed by atoms with Crippen molar-refractivity contribution in [2.24, 2.45) is 5.73 Å². The number of nitrogens with zero attached hydrogens (tertiary/aromatic N) is 1. The standard InChI is InChI=1S/C9H13N3O4S/c1-17(15,16)7-2-3-9(12(13)14)8(6-7)11-5-4-10/h2-3,6,11H,4-5,10H2,1H3. The number of anilines is 1. The summed E-state index contributed by atoms with van der Waals surface area (Å²) in [5.41, 5.74) is 5.26. The van der Waals surface area contributed by atoms with Gasteiger partial charge in [-0.3, -0.25) is 10.1 Å². The van der Waals surface area contributed by atoms with Crippen LogP contribution >= 0.6 is 0 Å². The molecule has 0 bridgehead atoms. The first-order valence-electron chi connectivity index (χ1n) is 4.78. The number of nitro benzene ring substituents is 1. The van der Waals surface area contributed by atoms with E-state index >= 15 is 0 Å². The highest BCUT2D eigenvalue weighted by Gasteiger charge is 2.17. The molecule has 0 spiro atoms. The molecule has 0 atom stereocenters. The van der Waals surface area contributed by atoms with Crippen LogP contribution in [0, 0.1) is 10.1 Å². The molecule has 0 saturated heterocycles. The normalized spacial score (nSPS) is 11.2. The molecule has 0 fully saturated rings. The third kappa shape index (κ3) is 3.40. The van der Waals surface area contributed by atoms with Crippen LogP contribution in [-0.4, -0.2) is 32.7 Å². The Hall–Kier alpha value is -1.67. The van der Waals surface area contributed by atoms with Crippen molar-refractivity contribution < 1.29 is 13.3 Å². The number of sulfone groups is 1. The summed E-state index contributed by atoms with van der Waals surface area (Å²) in [6, 6.07) is 3.61. The summed E-state index contributed by atoms with van der Waals surface area (Å²) in [5.74, 6) is 0. The van der Waals surface area contributed by atoms with Crippen LogP contribution in [0.15, 0.2) is 23.1 Å². The smallest absolute Gasteiger partial charge is 0.292 e. The van der Waals surface area contributed by atoms with Crippen molar-refractivity contribution in [3.63, 3.8) is 0 Å². The number of hydrogen-bond acceptors (Lipinski definition) is 6. The monoisotopic (exact) mass is 259 g/mol. The van der Waals surface area contributed by atoms with Crippen LogP contribution in [0.3, 0.4) is 0 Å². The average molecular weight is 259 g/mol. The van der Waals surface area contributed by atoms with Gasteiger partial charge in [-0.15, -0.1) is 0 Å². The van der Waals surface area contributed by atoms with Crippen LogP contribution in [0.1, 0.15) is 0 Å². The number of hydrogen-bond donors (Lipinski definition) is 2. The largest absolute Gasteiger partial charge is 0.378 e. The first kappa shape index (κ1) is 13.4. The van der Waals surface area contributed by atoms with Gasteiger partial charge in [0.1, 0.15) is 5.69 Å². The van der Waals surface area contributed by atoms with Crippen molar-refractivity contribution in [2.45, 2.75) is 4.90 Å². The number of nitrogens with two attached hydrogens (primary N) is 1. The van der Waals surface area contributed by atoms with Crippen LogP contribution < -0.4 is 11.1 Å². The molecule has 8 heteroatoms. The van der Waals surface area contributed by atoms with E-state index in [2.05, 4.69) is 5.32 Å². The van der Waals surface area contributed by atoms with E-state index in [0.29, 0.717) is 13.1 Å². The molecular weight excluding hydrogens is 246 g/mol. The zero-order valence-corrected chi connectivity index (χ0v) is 10.0. The third-order valence-electron chi connectivity index (χ3n) is 2.05. The molecule has 0 heterocycles. The molecule has 1 aromatic carbocycles. The molecule has 0 aliphatic heterocycles. The molecule has 0 unspecified atom stereocenters. The summed E-state index contributed by atoms with van der Waals surface area (Å²) >= 11 is 0. The summed E-state index contributed by atoms with van der Waals surface area (Å²) in [7, 11) is -3.39. The molecule has 0 aliphatic carbocycles. The lowest BCUT2D eigenvalue weighted by Gasteiger charge is -2.07. The van der Waals surface area contributed by atoms with Crippen molar-refractivity contribution in [3.8, 4) is 0 Å². The minimum absolute atomic E-state index is 0.0302. The van der Waals surface area contributed by atoms with Gasteiger partial charge >= 0.3 is 0 Å². The maximum Gasteiger partial charge on any atom is 0.292 e. The number of nitro groups is 1. The summed E-state index contributed by atoms with van der Waals surface area (Å²) < 4.78 is 22.6. The Kier molecular flexibility index (Phi) is 4.02. The van der Waals surface area contributed by atoms with Gasteiger partial charge in [-0.25, -0.2) is 8.42 Å². The second-order valence-corrected chi connectivity index (χ2v) is 5.44. The van der Waals surface area contributed by atoms with Gasteiger partial charge in [0.05, 0.1) is 9.82 Å². The molecule has 1 rings (SSSR count). The molecule has 0 radical (unpaired) electrons. The molecular formula is C9H13N3O4S. The fourth-order valence-electron chi connectivity index (χ4n) is 1.25. The summed E-state index contributed by atoms with van der Waals surface area (Å²) in [6.07, 6.45) is 1.04. The Morgan fingerprint density at radius 3 is 2.59 bits per heavy atom. The van der Waals surface area contributed by atoms with Crippen LogP contribution in [0.25, 0.3) is 0 Å². The predicted octanol–water partition coefficient (Wildman–Crippen LogP) is 0.369. The zero-order chi connectivity index (χ0) is 13.1. The van der Waals surface area contributed by atoms with Crippen molar-refractivity contribution in [2.75, 3.05) is 24.7 Å². The second kappa shape index (κ2) is 5.11. The second-order valence-electron chi connectivity index (χ2n) is 3.42. The fraction of sp³-hybridized carbons (Fsp3) is 0.333. The highest BCUT2D eigenvalue weighted by Crippen LogP contribution is 2.27. The predicted molar refractivity (Wildman–Crippen MR) is 63.8 cm³/mol. The van der Waals surface area contributed by atoms with Gasteiger partial charge in [0.2, 0.25) is 0 Å². The SMILES string of the molecule is CS(=O)(=O)c1ccc([N+](=O)[O-])c(NCCN)c1. The topological polar surface area (TPSA) is 115 Å². The zero-order valence-electron chi connectivity index (χ0n) is 9.21. The molecule has 0 saturated carbocycles. The summed E-state index contributed by atoms with van der Waals surface area (Å²) in [5, 5.41) is 13.5. The van der Waals surface area contributed by atoms with Gasteiger partial charge in [0.15, 0.2) is 9.84 Å². The van der Waals surface area contributed by atoms with Gasteiger partial charge in [0, 0.05) is 25.4 Å². The van der Waals surface area contributed by atoms with Gasteiger partial charge in [-0.1, -0.05) is 0 Å². The lowest BCUT2D eigenvalue weighted by molar-refractivity contribution is -0.384. The Morgan fingerprint density at radius 1 is 1.47 bits per heavy atom. The van der Waals surface area contributed by atoms with E-state index in [4.69, 9.17) is 5.73 Å². The van der Waals surface area contributed by atoms with Gasteiger partial charge in [0.25, 0.3) is 5.69 Å². The van der Waals surface area contributed by atoms with Crippen LogP contribution in [0.4, 0.5) is 11.4 Å². The molecule has 7 nitrogen and oxygen atoms in total. The molecule has 1 aromatic rings. The van der Waals surface area contributed by atoms with E-state index in [9.17, 15) is 18.5 Å². The van der Waals surface area contributed by atoms with E-state index in [-0.39, 0.29) is 16.3 Å². The molecule has 17 heavy (non-hydrogen) atoms. The quantitative estimate of drug-likeness (QED) is 0.583. The van der Waals surface area contributed by atoms with E-state index in [1.807, 2.05) is 0 Å². The first-order valence-corrected chi connectivity index (χ1v) is 6.68. The summed E-state index contributed by atoms with van der Waals surface area (Å²) in [6.45, 7) is 0.619. The minimum atomic E-state index is -3.39. The first-order chi connectivity index (χ1) is 7.86. The Morgan fingerprint density at radius 2 is 2.12 bits per heavy atom. The molecule has 94 valence electrons. The number of benzene rings is 1. The van der Waals surface area contributed by atoms with E-state index in [1.165, 1.54) is 12.1 Å². The van der Waals surface area contributed by atoms with E-state index in [0.717, 1.165) is 12.3 Å². The van der Waals surface area contributed by atoms with Crippen molar-refractivity contribution in [1.29, 1.82) is 0 Å². The molecule has 3 N–H and O–H groups in total. The molecule has 0 aromatic heterocycles. The van der Waals surface area contributed by atoms with Crippen LogP contribution in [0.5, 0.6) is 0 Å². The summed E-state index contributed by atoms with van der Waals surface area (Å²) in [4.78, 5) is 10.2. The maximum absolute atomic E-state index is 11.3. The fourth-order valence-corrected chi connectivity index (χ4v) is 1.90. The third-order valence-corrected chi connectivity index (χ3v) is 3.16. The molecule has 0 aliphatic rings. The molecule has 0 amide bonds. The van der Waals surface area contributed by atoms with Crippen molar-refractivity contribution in [1.82, 2.24) is 0 Å². The van der Waals surface area contributed by atoms with Crippen molar-refractivity contribution in [3.05, 3.63) is 28.3 Å².